The van der Waals surface area contributed by atoms with Crippen LogP contribution in [0.4, 0.5) is 0 Å². The van der Waals surface area contributed by atoms with Crippen LogP contribution in [0.2, 0.25) is 0 Å². The zero-order valence-electron chi connectivity index (χ0n) is 9.64. The normalized spacial score (nSPS) is 8.12. The van der Waals surface area contributed by atoms with Crippen molar-refractivity contribution in [1.29, 1.82) is 0 Å². The van der Waals surface area contributed by atoms with Gasteiger partial charge in [0, 0.05) is 32.6 Å². The average molecular weight is 317 g/mol. The second kappa shape index (κ2) is 10.0. The Morgan fingerprint density at radius 3 is 1.82 bits per heavy atom. The van der Waals surface area contributed by atoms with Crippen molar-refractivity contribution in [3.8, 4) is 5.75 Å². The van der Waals surface area contributed by atoms with E-state index in [1.165, 1.54) is 19.2 Å². The third-order valence-electron chi connectivity index (χ3n) is 1.64. The van der Waals surface area contributed by atoms with E-state index in [4.69, 9.17) is 14.9 Å². The van der Waals surface area contributed by atoms with Crippen LogP contribution in [-0.4, -0.2) is 29.3 Å². The maximum absolute atomic E-state index is 10.4. The third kappa shape index (κ3) is 8.63. The Bertz CT molecular complexity index is 347. The van der Waals surface area contributed by atoms with Crippen LogP contribution in [0.25, 0.3) is 0 Å². The standard InChI is InChI=1S/C8H8O3.C3H6O2.Zr/c1-11-7-4-2-6(3-5-7)8(9)10;1-2-3(4)5;/h2-5H,1H3,(H,9,10);2H2,1H3,(H,4,5);. The fourth-order valence-electron chi connectivity index (χ4n) is 0.734. The van der Waals surface area contributed by atoms with Gasteiger partial charge < -0.3 is 14.9 Å². The Kier molecular flexibility index (Phi) is 10.7. The predicted molar refractivity (Wildman–Crippen MR) is 57.9 cm³/mol. The molecule has 1 rings (SSSR count). The van der Waals surface area contributed by atoms with Gasteiger partial charge in [0.2, 0.25) is 0 Å². The molecule has 0 bridgehead atoms. The summed E-state index contributed by atoms with van der Waals surface area (Å²) in [6, 6.07) is 6.23. The van der Waals surface area contributed by atoms with Gasteiger partial charge in [-0.25, -0.2) is 4.79 Å². The first-order valence-corrected chi connectivity index (χ1v) is 4.60. The number of benzene rings is 1. The largest absolute Gasteiger partial charge is 0.497 e. The van der Waals surface area contributed by atoms with Crippen molar-refractivity contribution in [2.24, 2.45) is 0 Å². The van der Waals surface area contributed by atoms with Crippen molar-refractivity contribution >= 4 is 11.9 Å². The Morgan fingerprint density at radius 2 is 1.59 bits per heavy atom. The summed E-state index contributed by atoms with van der Waals surface area (Å²) < 4.78 is 4.86. The molecule has 0 amide bonds. The van der Waals surface area contributed by atoms with E-state index >= 15 is 0 Å². The molecule has 5 nitrogen and oxygen atoms in total. The minimum Gasteiger partial charge on any atom is -0.497 e. The first kappa shape index (κ1) is 18.2. The van der Waals surface area contributed by atoms with E-state index in [1.54, 1.807) is 19.1 Å². The average Bonchev–Trinajstić information content (AvgIpc) is 2.29. The van der Waals surface area contributed by atoms with E-state index in [0.717, 1.165) is 0 Å². The van der Waals surface area contributed by atoms with Gasteiger partial charge in [-0.15, -0.1) is 0 Å². The van der Waals surface area contributed by atoms with E-state index in [-0.39, 0.29) is 38.2 Å². The number of carbonyl (C=O) groups is 2. The first-order chi connectivity index (χ1) is 7.51. The van der Waals surface area contributed by atoms with Crippen LogP contribution in [0.3, 0.4) is 0 Å². The van der Waals surface area contributed by atoms with Crippen LogP contribution in [0.15, 0.2) is 24.3 Å². The van der Waals surface area contributed by atoms with Gasteiger partial charge in [-0.3, -0.25) is 4.79 Å². The van der Waals surface area contributed by atoms with Crippen molar-refractivity contribution in [3.05, 3.63) is 29.8 Å². The van der Waals surface area contributed by atoms with Crippen LogP contribution in [0.1, 0.15) is 23.7 Å². The molecule has 0 unspecified atom stereocenters. The van der Waals surface area contributed by atoms with Crippen LogP contribution >= 0.6 is 0 Å². The van der Waals surface area contributed by atoms with Gasteiger partial charge in [0.05, 0.1) is 12.7 Å². The number of hydrogen-bond donors (Lipinski definition) is 2. The van der Waals surface area contributed by atoms with Crippen LogP contribution in [0.5, 0.6) is 5.75 Å². The molecule has 2 N–H and O–H groups in total. The quantitative estimate of drug-likeness (QED) is 0.889. The van der Waals surface area contributed by atoms with Gasteiger partial charge in [-0.1, -0.05) is 6.92 Å². The molecule has 17 heavy (non-hydrogen) atoms. The fourth-order valence-corrected chi connectivity index (χ4v) is 0.734. The number of ether oxygens (including phenoxy) is 1. The van der Waals surface area contributed by atoms with Crippen molar-refractivity contribution in [2.45, 2.75) is 13.3 Å². The van der Waals surface area contributed by atoms with E-state index in [2.05, 4.69) is 0 Å². The molecule has 0 saturated carbocycles. The molecule has 92 valence electrons. The van der Waals surface area contributed by atoms with Gasteiger partial charge in [0.15, 0.2) is 0 Å². The summed E-state index contributed by atoms with van der Waals surface area (Å²) in [6.07, 6.45) is 0.222. The minimum absolute atomic E-state index is 0. The maximum Gasteiger partial charge on any atom is 0.335 e. The molecule has 0 aliphatic carbocycles. The van der Waals surface area contributed by atoms with Crippen molar-refractivity contribution < 1.29 is 50.7 Å². The van der Waals surface area contributed by atoms with Crippen LogP contribution in [-0.2, 0) is 31.0 Å². The van der Waals surface area contributed by atoms with Crippen LogP contribution < -0.4 is 4.74 Å². The molecule has 1 aromatic carbocycles. The molecule has 0 aliphatic heterocycles. The molecular formula is C11H14O5Zr. The minimum atomic E-state index is -0.923. The van der Waals surface area contributed by atoms with Gasteiger partial charge in [-0.05, 0) is 24.3 Å². The molecule has 0 atom stereocenters. The summed E-state index contributed by atoms with van der Waals surface area (Å²) in [5.74, 6) is -1.01. The number of aromatic carboxylic acids is 1. The fraction of sp³-hybridized carbons (Fsp3) is 0.273. The van der Waals surface area contributed by atoms with E-state index in [1.807, 2.05) is 0 Å². The Morgan fingerprint density at radius 1 is 1.18 bits per heavy atom. The summed E-state index contributed by atoms with van der Waals surface area (Å²) in [5, 5.41) is 16.2. The predicted octanol–water partition coefficient (Wildman–Crippen LogP) is 1.87. The van der Waals surface area contributed by atoms with Crippen molar-refractivity contribution in [2.75, 3.05) is 7.11 Å². The molecule has 0 aromatic heterocycles. The number of rotatable bonds is 3. The number of methoxy groups -OCH3 is 1. The van der Waals surface area contributed by atoms with Gasteiger partial charge in [0.25, 0.3) is 0 Å². The zero-order chi connectivity index (χ0) is 12.6. The summed E-state index contributed by atoms with van der Waals surface area (Å²) in [7, 11) is 1.54. The molecule has 1 aromatic rings. The second-order valence-electron chi connectivity index (χ2n) is 2.78. The molecular weight excluding hydrogens is 303 g/mol. The second-order valence-corrected chi connectivity index (χ2v) is 2.78. The Balaban J connectivity index is 0. The summed E-state index contributed by atoms with van der Waals surface area (Å²) in [4.78, 5) is 19.7. The molecule has 0 radical (unpaired) electrons. The Hall–Kier alpha value is -1.16. The molecule has 0 spiro atoms. The summed E-state index contributed by atoms with van der Waals surface area (Å²) in [6.45, 7) is 1.60. The molecule has 0 fully saturated rings. The summed E-state index contributed by atoms with van der Waals surface area (Å²) >= 11 is 0. The monoisotopic (exact) mass is 316 g/mol. The molecule has 0 saturated heterocycles. The topological polar surface area (TPSA) is 83.8 Å². The van der Waals surface area contributed by atoms with E-state index < -0.39 is 11.9 Å². The van der Waals surface area contributed by atoms with Crippen molar-refractivity contribution in [3.63, 3.8) is 0 Å². The first-order valence-electron chi connectivity index (χ1n) is 4.60. The molecule has 0 aliphatic rings. The number of carboxylic acid groups (broad SMARTS) is 2. The smallest absolute Gasteiger partial charge is 0.335 e. The van der Waals surface area contributed by atoms with Crippen LogP contribution in [0, 0.1) is 0 Å². The number of aliphatic carboxylic acids is 1. The van der Waals surface area contributed by atoms with E-state index in [0.29, 0.717) is 5.75 Å². The molecule has 0 heterocycles. The van der Waals surface area contributed by atoms with E-state index in [9.17, 15) is 9.59 Å². The third-order valence-corrected chi connectivity index (χ3v) is 1.64. The summed E-state index contributed by atoms with van der Waals surface area (Å²) in [5.41, 5.74) is 0.269. The SMILES string of the molecule is CCC(=O)O.COc1ccc(C(=O)O)cc1.[Zr]. The number of hydrogen-bond acceptors (Lipinski definition) is 3. The van der Waals surface area contributed by atoms with Gasteiger partial charge in [0.1, 0.15) is 5.75 Å². The maximum atomic E-state index is 10.4. The number of carboxylic acids is 2. The zero-order valence-corrected chi connectivity index (χ0v) is 12.1. The Labute approximate surface area is 119 Å². The molecule has 6 heteroatoms. The van der Waals surface area contributed by atoms with Crippen molar-refractivity contribution in [1.82, 2.24) is 0 Å². The van der Waals surface area contributed by atoms with Gasteiger partial charge >= 0.3 is 11.9 Å². The van der Waals surface area contributed by atoms with Gasteiger partial charge in [-0.2, -0.15) is 0 Å².